The lowest BCUT2D eigenvalue weighted by Gasteiger charge is -2.25. The van der Waals surface area contributed by atoms with E-state index in [-0.39, 0.29) is 12.4 Å². The number of aliphatic hydroxyl groups is 2. The van der Waals surface area contributed by atoms with Crippen molar-refractivity contribution >= 4 is 13.7 Å². The number of carbonyl (C=O) groups excluding carboxylic acids is 1. The van der Waals surface area contributed by atoms with Crippen molar-refractivity contribution in [2.24, 2.45) is 5.92 Å². The molecule has 1 aliphatic heterocycles. The number of ether oxygens (including phenoxy) is 2. The van der Waals surface area contributed by atoms with Crippen LogP contribution in [0.25, 0.3) is 0 Å². The number of unbranched alkanes of at least 4 members (excludes halogenated alkanes) is 1. The Morgan fingerprint density at radius 3 is 2.65 bits per heavy atom. The quantitative estimate of drug-likeness (QED) is 0.161. The minimum absolute atomic E-state index is 0.202. The van der Waals surface area contributed by atoms with Crippen LogP contribution in [0.2, 0.25) is 0 Å². The number of rotatable bonds is 13. The van der Waals surface area contributed by atoms with Gasteiger partial charge < -0.3 is 24.2 Å². The third-order valence-corrected chi connectivity index (χ3v) is 7.33. The molecular weight excluding hydrogens is 509 g/mol. The summed E-state index contributed by atoms with van der Waals surface area (Å²) in [5.74, 6) is -1.37. The van der Waals surface area contributed by atoms with Crippen molar-refractivity contribution in [2.75, 3.05) is 19.8 Å². The maximum Gasteiger partial charge on any atom is 0.459 e. The van der Waals surface area contributed by atoms with E-state index >= 15 is 0 Å². The Morgan fingerprint density at radius 2 is 2.00 bits per heavy atom. The van der Waals surface area contributed by atoms with Crippen molar-refractivity contribution in [3.05, 3.63) is 63.4 Å². The fraction of sp³-hybridized carbons (Fsp3) is 0.522. The number of para-hydroxylation sites is 1. The fourth-order valence-corrected chi connectivity index (χ4v) is 5.15. The Balaban J connectivity index is 1.76. The summed E-state index contributed by atoms with van der Waals surface area (Å²) in [4.78, 5) is 38.0. The molecule has 4 N–H and O–H groups in total. The molecular formula is C23H32N3O10P. The molecule has 2 heterocycles. The molecule has 1 saturated heterocycles. The summed E-state index contributed by atoms with van der Waals surface area (Å²) in [5.41, 5.74) is -1.44. The number of aromatic nitrogens is 2. The average Bonchev–Trinajstić information content (AvgIpc) is 3.18. The van der Waals surface area contributed by atoms with Gasteiger partial charge in [0.25, 0.3) is 5.56 Å². The van der Waals surface area contributed by atoms with Gasteiger partial charge in [0, 0.05) is 18.2 Å². The van der Waals surface area contributed by atoms with Gasteiger partial charge in [-0.1, -0.05) is 31.5 Å². The standard InChI is InChI=1S/C23H32N3O10P/c1-3-4-12-33-22(30)15(2)25-37(32,36-16-8-6-5-7-9-16)34-14-18-17(13-27)20(29)21(35-18)26-11-10-19(28)24-23(26)31/h5-11,15,17-18,20-21,27,29H,3-4,12-14H2,1-2H3,(H,25,32)(H,24,28,31)/t15-,17+,18+,20+,21+,37-/m0/s1. The van der Waals surface area contributed by atoms with E-state index in [0.29, 0.717) is 6.42 Å². The highest BCUT2D eigenvalue weighted by Crippen LogP contribution is 2.46. The van der Waals surface area contributed by atoms with E-state index in [2.05, 4.69) is 10.1 Å². The van der Waals surface area contributed by atoms with Crippen LogP contribution in [0.15, 0.2) is 52.2 Å². The van der Waals surface area contributed by atoms with Gasteiger partial charge in [-0.15, -0.1) is 0 Å². The first kappa shape index (κ1) is 28.8. The first-order valence-corrected chi connectivity index (χ1v) is 13.4. The Bertz CT molecular complexity index is 1190. The van der Waals surface area contributed by atoms with Gasteiger partial charge in [-0.25, -0.2) is 9.36 Å². The molecule has 1 aromatic carbocycles. The molecule has 0 amide bonds. The molecule has 0 aliphatic carbocycles. The van der Waals surface area contributed by atoms with E-state index in [1.165, 1.54) is 6.92 Å². The zero-order valence-electron chi connectivity index (χ0n) is 20.5. The second-order valence-corrected chi connectivity index (χ2v) is 10.2. The SMILES string of the molecule is CCCCOC(=O)[C@H](C)N[P@](=O)(OC[C@H]1O[C@@H](n2ccc(=O)[nH]c2=O)[C@H](O)[C@@H]1CO)Oc1ccccc1. The Labute approximate surface area is 212 Å². The largest absolute Gasteiger partial charge is 0.465 e. The van der Waals surface area contributed by atoms with E-state index in [0.717, 1.165) is 23.3 Å². The average molecular weight is 541 g/mol. The lowest BCUT2D eigenvalue weighted by Crippen LogP contribution is -2.37. The monoisotopic (exact) mass is 541 g/mol. The first-order valence-electron chi connectivity index (χ1n) is 11.9. The van der Waals surface area contributed by atoms with Crippen LogP contribution in [0.5, 0.6) is 5.75 Å². The van der Waals surface area contributed by atoms with Crippen LogP contribution in [0.1, 0.15) is 32.9 Å². The number of carbonyl (C=O) groups is 1. The second-order valence-electron chi connectivity index (χ2n) is 8.49. The van der Waals surface area contributed by atoms with Crippen LogP contribution in [0.3, 0.4) is 0 Å². The van der Waals surface area contributed by atoms with Crippen LogP contribution in [-0.4, -0.2) is 63.8 Å². The van der Waals surface area contributed by atoms with Crippen LogP contribution in [0, 0.1) is 5.92 Å². The molecule has 0 spiro atoms. The molecule has 0 saturated carbocycles. The van der Waals surface area contributed by atoms with E-state index < -0.39 is 68.6 Å². The predicted molar refractivity (Wildman–Crippen MR) is 131 cm³/mol. The van der Waals surface area contributed by atoms with Gasteiger partial charge >= 0.3 is 19.4 Å². The van der Waals surface area contributed by atoms with Crippen LogP contribution < -0.4 is 20.9 Å². The molecule has 0 bridgehead atoms. The van der Waals surface area contributed by atoms with E-state index in [4.69, 9.17) is 18.5 Å². The van der Waals surface area contributed by atoms with Crippen molar-refractivity contribution in [2.45, 2.75) is 51.2 Å². The van der Waals surface area contributed by atoms with E-state index in [9.17, 15) is 29.2 Å². The zero-order chi connectivity index (χ0) is 27.0. The topological polar surface area (TPSA) is 178 Å². The van der Waals surface area contributed by atoms with Gasteiger partial charge in [0.05, 0.1) is 25.9 Å². The summed E-state index contributed by atoms with van der Waals surface area (Å²) in [6.45, 7) is 2.63. The number of benzene rings is 1. The number of aliphatic hydroxyl groups excluding tert-OH is 2. The fourth-order valence-electron chi connectivity index (χ4n) is 3.65. The van der Waals surface area contributed by atoms with Gasteiger partial charge in [-0.2, -0.15) is 5.09 Å². The van der Waals surface area contributed by atoms with Gasteiger partial charge in [0.1, 0.15) is 17.9 Å². The summed E-state index contributed by atoms with van der Waals surface area (Å²) < 4.78 is 36.7. The number of H-pyrrole nitrogens is 1. The van der Waals surface area contributed by atoms with Crippen molar-refractivity contribution in [1.82, 2.24) is 14.6 Å². The maximum absolute atomic E-state index is 13.7. The van der Waals surface area contributed by atoms with Gasteiger partial charge in [-0.05, 0) is 25.5 Å². The lowest BCUT2D eigenvalue weighted by atomic mass is 9.99. The number of esters is 1. The van der Waals surface area contributed by atoms with Gasteiger partial charge in [0.2, 0.25) is 0 Å². The molecule has 2 aromatic rings. The molecule has 3 rings (SSSR count). The highest BCUT2D eigenvalue weighted by molar-refractivity contribution is 7.52. The zero-order valence-corrected chi connectivity index (χ0v) is 21.4. The Kier molecular flexibility index (Phi) is 10.2. The molecule has 37 heavy (non-hydrogen) atoms. The molecule has 1 aliphatic rings. The number of hydrogen-bond donors (Lipinski definition) is 4. The second kappa shape index (κ2) is 13.1. The summed E-state index contributed by atoms with van der Waals surface area (Å²) in [7, 11) is -4.22. The molecule has 14 heteroatoms. The van der Waals surface area contributed by atoms with Gasteiger partial charge in [-0.3, -0.25) is 23.7 Å². The molecule has 1 fully saturated rings. The summed E-state index contributed by atoms with van der Waals surface area (Å²) in [6.07, 6.45) is -0.952. The third-order valence-electron chi connectivity index (χ3n) is 5.68. The summed E-state index contributed by atoms with van der Waals surface area (Å²) >= 11 is 0. The minimum Gasteiger partial charge on any atom is -0.465 e. The highest BCUT2D eigenvalue weighted by atomic mass is 31.2. The van der Waals surface area contributed by atoms with Crippen LogP contribution in [-0.2, 0) is 23.4 Å². The molecule has 13 nitrogen and oxygen atoms in total. The third kappa shape index (κ3) is 7.60. The van der Waals surface area contributed by atoms with E-state index in [1.54, 1.807) is 30.3 Å². The predicted octanol–water partition coefficient (Wildman–Crippen LogP) is 0.929. The number of nitrogens with one attached hydrogen (secondary N) is 2. The van der Waals surface area contributed by atoms with Crippen molar-refractivity contribution in [3.63, 3.8) is 0 Å². The van der Waals surface area contributed by atoms with Crippen molar-refractivity contribution < 1.29 is 38.1 Å². The Hall–Kier alpha value is -2.80. The number of aromatic amines is 1. The lowest BCUT2D eigenvalue weighted by molar-refractivity contribution is -0.145. The van der Waals surface area contributed by atoms with E-state index in [1.807, 2.05) is 6.92 Å². The molecule has 1 aromatic heterocycles. The van der Waals surface area contributed by atoms with Crippen molar-refractivity contribution in [3.8, 4) is 5.75 Å². The Morgan fingerprint density at radius 1 is 1.27 bits per heavy atom. The van der Waals surface area contributed by atoms with Crippen LogP contribution >= 0.6 is 7.75 Å². The number of nitrogens with zero attached hydrogens (tertiary/aromatic N) is 1. The van der Waals surface area contributed by atoms with Gasteiger partial charge in [0.15, 0.2) is 6.23 Å². The smallest absolute Gasteiger partial charge is 0.459 e. The molecule has 6 atom stereocenters. The minimum atomic E-state index is -4.22. The number of hydrogen-bond acceptors (Lipinski definition) is 10. The first-order chi connectivity index (χ1) is 17.7. The summed E-state index contributed by atoms with van der Waals surface area (Å²) in [6, 6.07) is 8.18. The molecule has 204 valence electrons. The summed E-state index contributed by atoms with van der Waals surface area (Å²) in [5, 5.41) is 23.1. The van der Waals surface area contributed by atoms with Crippen molar-refractivity contribution in [1.29, 1.82) is 0 Å². The molecule has 0 radical (unpaired) electrons. The molecule has 0 unspecified atom stereocenters. The normalized spacial score (nSPS) is 23.8. The maximum atomic E-state index is 13.7. The highest BCUT2D eigenvalue weighted by Gasteiger charge is 2.46. The van der Waals surface area contributed by atoms with Crippen LogP contribution in [0.4, 0.5) is 0 Å².